The fraction of sp³-hybridized carbons (Fsp3) is 0.316. The summed E-state index contributed by atoms with van der Waals surface area (Å²) in [5.74, 6) is 0. The number of piperazine rings is 1. The molecule has 3 aromatic rings. The van der Waals surface area contributed by atoms with E-state index in [0.29, 0.717) is 0 Å². The average Bonchev–Trinajstić information content (AvgIpc) is 3.06. The van der Waals surface area contributed by atoms with Gasteiger partial charge in [-0.3, -0.25) is 5.10 Å². The fourth-order valence-corrected chi connectivity index (χ4v) is 3.34. The molecule has 0 atom stereocenters. The van der Waals surface area contributed by atoms with Crippen LogP contribution in [0.15, 0.2) is 48.5 Å². The first-order valence-electron chi connectivity index (χ1n) is 8.36. The summed E-state index contributed by atoms with van der Waals surface area (Å²) in [7, 11) is 0. The van der Waals surface area contributed by atoms with Gasteiger partial charge in [-0.1, -0.05) is 37.3 Å². The number of para-hydroxylation sites is 1. The molecule has 1 aliphatic heterocycles. The summed E-state index contributed by atoms with van der Waals surface area (Å²) < 4.78 is 0. The Bertz CT molecular complexity index is 782. The van der Waals surface area contributed by atoms with E-state index in [1.165, 1.54) is 16.6 Å². The predicted molar refractivity (Wildman–Crippen MR) is 95.9 cm³/mol. The molecule has 0 spiro atoms. The number of fused-ring (bicyclic) bond motifs is 1. The number of aromatic amines is 1. The summed E-state index contributed by atoms with van der Waals surface area (Å²) >= 11 is 0. The maximum Gasteiger partial charge on any atom is 0.0999 e. The van der Waals surface area contributed by atoms with E-state index in [-0.39, 0.29) is 0 Å². The molecule has 1 aromatic heterocycles. The number of anilines is 1. The van der Waals surface area contributed by atoms with Crippen LogP contribution in [-0.2, 0) is 0 Å². The summed E-state index contributed by atoms with van der Waals surface area (Å²) in [4.78, 5) is 4.97. The maximum atomic E-state index is 4.48. The molecule has 0 bridgehead atoms. The number of H-pyrrole nitrogens is 1. The van der Waals surface area contributed by atoms with Crippen molar-refractivity contribution >= 4 is 16.6 Å². The maximum absolute atomic E-state index is 4.48. The van der Waals surface area contributed by atoms with Crippen LogP contribution in [-0.4, -0.2) is 47.8 Å². The Morgan fingerprint density at radius 1 is 0.957 bits per heavy atom. The van der Waals surface area contributed by atoms with E-state index in [9.17, 15) is 0 Å². The molecule has 4 rings (SSSR count). The highest BCUT2D eigenvalue weighted by Crippen LogP contribution is 2.28. The summed E-state index contributed by atoms with van der Waals surface area (Å²) in [6.45, 7) is 7.92. The van der Waals surface area contributed by atoms with Gasteiger partial charge in [-0.25, -0.2) is 0 Å². The van der Waals surface area contributed by atoms with Gasteiger partial charge in [-0.15, -0.1) is 0 Å². The van der Waals surface area contributed by atoms with Crippen molar-refractivity contribution < 1.29 is 0 Å². The molecular weight excluding hydrogens is 284 g/mol. The highest BCUT2D eigenvalue weighted by Gasteiger charge is 2.16. The van der Waals surface area contributed by atoms with Gasteiger partial charge in [0.15, 0.2) is 0 Å². The van der Waals surface area contributed by atoms with Gasteiger partial charge < -0.3 is 9.80 Å². The SMILES string of the molecule is CCN1CCN(c2ccc(-c3n[nH]c4ccccc34)cc2)CC1. The lowest BCUT2D eigenvalue weighted by Gasteiger charge is -2.35. The Kier molecular flexibility index (Phi) is 3.75. The minimum absolute atomic E-state index is 1.03. The van der Waals surface area contributed by atoms with Crippen molar-refractivity contribution in [3.63, 3.8) is 0 Å². The number of aromatic nitrogens is 2. The van der Waals surface area contributed by atoms with Gasteiger partial charge in [-0.05, 0) is 24.7 Å². The van der Waals surface area contributed by atoms with Gasteiger partial charge in [0, 0.05) is 42.8 Å². The second-order valence-corrected chi connectivity index (χ2v) is 6.09. The summed E-state index contributed by atoms with van der Waals surface area (Å²) in [5.41, 5.74) is 4.59. The highest BCUT2D eigenvalue weighted by molar-refractivity contribution is 5.92. The van der Waals surface area contributed by atoms with Crippen LogP contribution in [0.5, 0.6) is 0 Å². The summed E-state index contributed by atoms with van der Waals surface area (Å²) in [5, 5.41) is 8.77. The molecule has 23 heavy (non-hydrogen) atoms. The van der Waals surface area contributed by atoms with Gasteiger partial charge in [0.2, 0.25) is 0 Å². The van der Waals surface area contributed by atoms with E-state index in [1.54, 1.807) is 0 Å². The lowest BCUT2D eigenvalue weighted by Crippen LogP contribution is -2.46. The first kappa shape index (κ1) is 14.3. The smallest absolute Gasteiger partial charge is 0.0999 e. The zero-order chi connectivity index (χ0) is 15.6. The molecule has 4 heteroatoms. The molecule has 1 aliphatic rings. The van der Waals surface area contributed by atoms with Crippen LogP contribution >= 0.6 is 0 Å². The number of rotatable bonds is 3. The van der Waals surface area contributed by atoms with Gasteiger partial charge in [0.1, 0.15) is 0 Å². The minimum Gasteiger partial charge on any atom is -0.369 e. The Labute approximate surface area is 136 Å². The van der Waals surface area contributed by atoms with Gasteiger partial charge in [-0.2, -0.15) is 5.10 Å². The average molecular weight is 306 g/mol. The van der Waals surface area contributed by atoms with Gasteiger partial charge in [0.25, 0.3) is 0 Å². The van der Waals surface area contributed by atoms with E-state index in [2.05, 4.69) is 69.4 Å². The highest BCUT2D eigenvalue weighted by atomic mass is 15.3. The van der Waals surface area contributed by atoms with E-state index in [0.717, 1.165) is 43.9 Å². The van der Waals surface area contributed by atoms with Crippen molar-refractivity contribution in [3.05, 3.63) is 48.5 Å². The number of nitrogens with one attached hydrogen (secondary N) is 1. The van der Waals surface area contributed by atoms with Crippen LogP contribution in [0.3, 0.4) is 0 Å². The zero-order valence-electron chi connectivity index (χ0n) is 13.5. The van der Waals surface area contributed by atoms with Crippen LogP contribution in [0.2, 0.25) is 0 Å². The van der Waals surface area contributed by atoms with Crippen molar-refractivity contribution in [1.82, 2.24) is 15.1 Å². The van der Waals surface area contributed by atoms with E-state index < -0.39 is 0 Å². The number of nitrogens with zero attached hydrogens (tertiary/aromatic N) is 3. The molecule has 0 unspecified atom stereocenters. The van der Waals surface area contributed by atoms with Crippen molar-refractivity contribution in [2.75, 3.05) is 37.6 Å². The lowest BCUT2D eigenvalue weighted by atomic mass is 10.1. The van der Waals surface area contributed by atoms with Crippen LogP contribution < -0.4 is 4.90 Å². The first-order valence-corrected chi connectivity index (χ1v) is 8.36. The third-order valence-electron chi connectivity index (χ3n) is 4.80. The second kappa shape index (κ2) is 6.05. The van der Waals surface area contributed by atoms with Crippen LogP contribution in [0.4, 0.5) is 5.69 Å². The van der Waals surface area contributed by atoms with E-state index in [1.807, 2.05) is 6.07 Å². The normalized spacial score (nSPS) is 16.1. The second-order valence-electron chi connectivity index (χ2n) is 6.09. The monoisotopic (exact) mass is 306 g/mol. The Hall–Kier alpha value is -2.33. The molecule has 2 aromatic carbocycles. The van der Waals surface area contributed by atoms with E-state index in [4.69, 9.17) is 0 Å². The lowest BCUT2D eigenvalue weighted by molar-refractivity contribution is 0.271. The quantitative estimate of drug-likeness (QED) is 0.806. The van der Waals surface area contributed by atoms with Crippen LogP contribution in [0, 0.1) is 0 Å². The van der Waals surface area contributed by atoms with E-state index >= 15 is 0 Å². The number of benzene rings is 2. The first-order chi connectivity index (χ1) is 11.3. The fourth-order valence-electron chi connectivity index (χ4n) is 3.34. The molecule has 0 aliphatic carbocycles. The number of likely N-dealkylation sites (N-methyl/N-ethyl adjacent to an activating group) is 1. The van der Waals surface area contributed by atoms with Crippen LogP contribution in [0.1, 0.15) is 6.92 Å². The summed E-state index contributed by atoms with van der Waals surface area (Å²) in [6.07, 6.45) is 0. The largest absolute Gasteiger partial charge is 0.369 e. The van der Waals surface area contributed by atoms with Crippen molar-refractivity contribution in [2.45, 2.75) is 6.92 Å². The molecule has 1 saturated heterocycles. The van der Waals surface area contributed by atoms with Crippen molar-refractivity contribution in [3.8, 4) is 11.3 Å². The van der Waals surface area contributed by atoms with Gasteiger partial charge in [0.05, 0.1) is 11.2 Å². The Morgan fingerprint density at radius 2 is 1.70 bits per heavy atom. The molecular formula is C19H22N4. The topological polar surface area (TPSA) is 35.2 Å². The summed E-state index contributed by atoms with van der Waals surface area (Å²) in [6, 6.07) is 17.1. The third-order valence-corrected chi connectivity index (χ3v) is 4.80. The van der Waals surface area contributed by atoms with Crippen molar-refractivity contribution in [2.24, 2.45) is 0 Å². The Morgan fingerprint density at radius 3 is 2.43 bits per heavy atom. The molecule has 0 amide bonds. The molecule has 0 saturated carbocycles. The number of hydrogen-bond donors (Lipinski definition) is 1. The number of hydrogen-bond acceptors (Lipinski definition) is 3. The molecule has 4 nitrogen and oxygen atoms in total. The minimum atomic E-state index is 1.03. The third kappa shape index (κ3) is 2.70. The standard InChI is InChI=1S/C19H22N4/c1-2-22-11-13-23(14-12-22)16-9-7-15(8-10-16)19-17-5-3-4-6-18(17)20-21-19/h3-10H,2,11-14H2,1H3,(H,20,21). The van der Waals surface area contributed by atoms with Crippen molar-refractivity contribution in [1.29, 1.82) is 0 Å². The zero-order valence-corrected chi connectivity index (χ0v) is 13.5. The molecule has 2 heterocycles. The Balaban J connectivity index is 1.56. The molecule has 1 N–H and O–H groups in total. The molecule has 118 valence electrons. The van der Waals surface area contributed by atoms with Crippen LogP contribution in [0.25, 0.3) is 22.2 Å². The van der Waals surface area contributed by atoms with Gasteiger partial charge >= 0.3 is 0 Å². The molecule has 0 radical (unpaired) electrons. The molecule has 1 fully saturated rings. The predicted octanol–water partition coefficient (Wildman–Crippen LogP) is 3.37.